The van der Waals surface area contributed by atoms with Gasteiger partial charge < -0.3 is 10.4 Å². The summed E-state index contributed by atoms with van der Waals surface area (Å²) in [5.41, 5.74) is 1.15. The number of nitrogens with one attached hydrogen (secondary N) is 1. The molecule has 3 nitrogen and oxygen atoms in total. The highest BCUT2D eigenvalue weighted by atomic mass is 35.5. The summed E-state index contributed by atoms with van der Waals surface area (Å²) in [6.07, 6.45) is -3.69. The Balaban J connectivity index is 1.99. The minimum Gasteiger partial charge on any atom is -0.478 e. The molecule has 2 N–H and O–H groups in total. The second kappa shape index (κ2) is 6.85. The summed E-state index contributed by atoms with van der Waals surface area (Å²) in [5, 5.41) is 11.4. The first kappa shape index (κ1) is 18.6. The van der Waals surface area contributed by atoms with E-state index in [1.54, 1.807) is 36.4 Å². The third-order valence-electron chi connectivity index (χ3n) is 4.03. The summed E-state index contributed by atoms with van der Waals surface area (Å²) in [5.74, 6) is -1.63. The number of halogens is 5. The Bertz CT molecular complexity index is 879. The zero-order valence-corrected chi connectivity index (χ0v) is 14.5. The number of carboxylic acids is 1. The zero-order chi connectivity index (χ0) is 19.1. The van der Waals surface area contributed by atoms with Gasteiger partial charge in [-0.1, -0.05) is 29.8 Å². The molecule has 0 aliphatic carbocycles. The molecule has 1 unspecified atom stereocenters. The number of hydrogen-bond donors (Lipinski definition) is 2. The molecule has 0 fully saturated rings. The van der Waals surface area contributed by atoms with Crippen LogP contribution in [0.25, 0.3) is 6.08 Å². The lowest BCUT2D eigenvalue weighted by Gasteiger charge is -2.28. The van der Waals surface area contributed by atoms with Crippen LogP contribution in [0.2, 0.25) is 5.02 Å². The van der Waals surface area contributed by atoms with Crippen LogP contribution in [0.5, 0.6) is 0 Å². The average Bonchev–Trinajstić information content (AvgIpc) is 2.59. The molecule has 2 aromatic rings. The van der Waals surface area contributed by atoms with Crippen molar-refractivity contribution >= 4 is 40.9 Å². The van der Waals surface area contributed by atoms with Crippen molar-refractivity contribution in [1.82, 2.24) is 0 Å². The molecule has 1 aliphatic heterocycles. The monoisotopic (exact) mass is 401 g/mol. The summed E-state index contributed by atoms with van der Waals surface area (Å²) in [6.45, 7) is 0. The van der Waals surface area contributed by atoms with E-state index in [2.05, 4.69) is 5.32 Å². The van der Waals surface area contributed by atoms with Gasteiger partial charge in [0.1, 0.15) is 0 Å². The van der Waals surface area contributed by atoms with E-state index in [4.69, 9.17) is 28.3 Å². The molecule has 2 atom stereocenters. The first-order chi connectivity index (χ1) is 12.2. The van der Waals surface area contributed by atoms with Crippen LogP contribution in [-0.4, -0.2) is 23.3 Å². The molecule has 0 spiro atoms. The Hall–Kier alpha value is -2.18. The van der Waals surface area contributed by atoms with Crippen LogP contribution < -0.4 is 5.32 Å². The molecular formula is C18H12Cl2F3NO2. The molecular weight excluding hydrogens is 390 g/mol. The molecule has 136 valence electrons. The van der Waals surface area contributed by atoms with E-state index in [0.717, 1.165) is 11.6 Å². The number of alkyl halides is 4. The Kier molecular flexibility index (Phi) is 4.90. The van der Waals surface area contributed by atoms with E-state index in [1.165, 1.54) is 6.07 Å². The van der Waals surface area contributed by atoms with E-state index >= 15 is 0 Å². The molecule has 3 rings (SSSR count). The zero-order valence-electron chi connectivity index (χ0n) is 13.0. The second-order valence-electron chi connectivity index (χ2n) is 5.78. The lowest BCUT2D eigenvalue weighted by atomic mass is 9.94. The van der Waals surface area contributed by atoms with E-state index in [-0.39, 0.29) is 5.69 Å². The van der Waals surface area contributed by atoms with Gasteiger partial charge in [0.2, 0.25) is 0 Å². The predicted octanol–water partition coefficient (Wildman–Crippen LogP) is 5.49. The van der Waals surface area contributed by atoms with Crippen molar-refractivity contribution in [1.29, 1.82) is 0 Å². The van der Waals surface area contributed by atoms with Crippen LogP contribution in [-0.2, 0) is 4.79 Å². The molecule has 0 bridgehead atoms. The Labute approximate surface area is 157 Å². The van der Waals surface area contributed by atoms with E-state index < -0.39 is 29.1 Å². The van der Waals surface area contributed by atoms with Gasteiger partial charge in [0.25, 0.3) is 0 Å². The SMILES string of the molecule is O=C(O)C1=Cc2cc(C(Cl)c3ccc(Cl)cc3)ccc2N[C@@H]1C(F)(F)F. The Morgan fingerprint density at radius 1 is 1.12 bits per heavy atom. The van der Waals surface area contributed by atoms with E-state index in [9.17, 15) is 18.0 Å². The predicted molar refractivity (Wildman–Crippen MR) is 94.7 cm³/mol. The van der Waals surface area contributed by atoms with Gasteiger partial charge in [-0.3, -0.25) is 0 Å². The summed E-state index contributed by atoms with van der Waals surface area (Å²) >= 11 is 12.3. The fraction of sp³-hybridized carbons (Fsp3) is 0.167. The van der Waals surface area contributed by atoms with Crippen LogP contribution >= 0.6 is 23.2 Å². The van der Waals surface area contributed by atoms with Crippen molar-refractivity contribution in [3.05, 3.63) is 69.8 Å². The topological polar surface area (TPSA) is 49.3 Å². The number of carbonyl (C=O) groups is 1. The third-order valence-corrected chi connectivity index (χ3v) is 4.78. The van der Waals surface area contributed by atoms with Gasteiger partial charge in [-0.25, -0.2) is 4.79 Å². The van der Waals surface area contributed by atoms with Gasteiger partial charge in [0.15, 0.2) is 6.04 Å². The molecule has 8 heteroatoms. The molecule has 0 radical (unpaired) electrons. The minimum atomic E-state index is -4.72. The van der Waals surface area contributed by atoms with Gasteiger partial charge in [-0.05, 0) is 47.0 Å². The van der Waals surface area contributed by atoms with Crippen molar-refractivity contribution in [3.8, 4) is 0 Å². The standard InChI is InChI=1S/C18H12Cl2F3NO2/c19-12-4-1-9(2-5-12)15(20)10-3-6-14-11(7-10)8-13(17(25)26)16(24-14)18(21,22)23/h1-8,15-16,24H,(H,25,26)/t15?,16-/m0/s1. The van der Waals surface area contributed by atoms with Gasteiger partial charge in [0.05, 0.1) is 11.0 Å². The highest BCUT2D eigenvalue weighted by Crippen LogP contribution is 2.38. The molecule has 26 heavy (non-hydrogen) atoms. The number of anilines is 1. The van der Waals surface area contributed by atoms with Crippen LogP contribution in [0.3, 0.4) is 0 Å². The first-order valence-corrected chi connectivity index (χ1v) is 8.30. The average molecular weight is 402 g/mol. The normalized spacial score (nSPS) is 17.7. The van der Waals surface area contributed by atoms with Crippen LogP contribution in [0.15, 0.2) is 48.0 Å². The largest absolute Gasteiger partial charge is 0.478 e. The van der Waals surface area contributed by atoms with Crippen molar-refractivity contribution in [2.24, 2.45) is 0 Å². The number of hydrogen-bond acceptors (Lipinski definition) is 2. The molecule has 0 aromatic heterocycles. The first-order valence-electron chi connectivity index (χ1n) is 7.48. The van der Waals surface area contributed by atoms with E-state index in [0.29, 0.717) is 16.1 Å². The maximum absolute atomic E-state index is 13.1. The van der Waals surface area contributed by atoms with Gasteiger partial charge in [-0.2, -0.15) is 13.2 Å². The third kappa shape index (κ3) is 3.66. The van der Waals surface area contributed by atoms with Crippen molar-refractivity contribution in [2.75, 3.05) is 5.32 Å². The summed E-state index contributed by atoms with van der Waals surface area (Å²) in [6, 6.07) is 9.23. The maximum Gasteiger partial charge on any atom is 0.413 e. The lowest BCUT2D eigenvalue weighted by molar-refractivity contribution is -0.146. The minimum absolute atomic E-state index is 0.195. The number of fused-ring (bicyclic) bond motifs is 1. The molecule has 2 aromatic carbocycles. The number of carboxylic acid groups (broad SMARTS) is 1. The van der Waals surface area contributed by atoms with E-state index in [1.807, 2.05) is 0 Å². The second-order valence-corrected chi connectivity index (χ2v) is 6.66. The summed E-state index contributed by atoms with van der Waals surface area (Å²) in [7, 11) is 0. The molecule has 0 saturated heterocycles. The fourth-order valence-corrected chi connectivity index (χ4v) is 3.15. The quantitative estimate of drug-likeness (QED) is 0.668. The van der Waals surface area contributed by atoms with Crippen molar-refractivity contribution in [3.63, 3.8) is 0 Å². The van der Waals surface area contributed by atoms with Crippen LogP contribution in [0, 0.1) is 0 Å². The van der Waals surface area contributed by atoms with Crippen molar-refractivity contribution < 1.29 is 23.1 Å². The smallest absolute Gasteiger partial charge is 0.413 e. The van der Waals surface area contributed by atoms with Crippen molar-refractivity contribution in [2.45, 2.75) is 17.6 Å². The van der Waals surface area contributed by atoms with Gasteiger partial charge in [0, 0.05) is 10.7 Å². The molecule has 0 saturated carbocycles. The van der Waals surface area contributed by atoms with Crippen LogP contribution in [0.1, 0.15) is 22.1 Å². The molecule has 1 aliphatic rings. The number of aliphatic carboxylic acids is 1. The summed E-state index contributed by atoms with van der Waals surface area (Å²) < 4.78 is 39.3. The maximum atomic E-state index is 13.1. The number of benzene rings is 2. The lowest BCUT2D eigenvalue weighted by Crippen LogP contribution is -2.41. The Morgan fingerprint density at radius 3 is 2.31 bits per heavy atom. The van der Waals surface area contributed by atoms with Gasteiger partial charge >= 0.3 is 12.1 Å². The Morgan fingerprint density at radius 2 is 1.73 bits per heavy atom. The number of rotatable bonds is 3. The van der Waals surface area contributed by atoms with Crippen LogP contribution in [0.4, 0.5) is 18.9 Å². The summed E-state index contributed by atoms with van der Waals surface area (Å²) in [4.78, 5) is 11.2. The fourth-order valence-electron chi connectivity index (χ4n) is 2.74. The highest BCUT2D eigenvalue weighted by molar-refractivity contribution is 6.30. The van der Waals surface area contributed by atoms with Gasteiger partial charge in [-0.15, -0.1) is 11.6 Å². The highest BCUT2D eigenvalue weighted by Gasteiger charge is 2.46. The molecule has 1 heterocycles. The molecule has 0 amide bonds.